The number of nitrogens with zero attached hydrogens (tertiary/aromatic N) is 2. The van der Waals surface area contributed by atoms with Gasteiger partial charge in [-0.1, -0.05) is 13.3 Å². The molecule has 0 saturated heterocycles. The lowest BCUT2D eigenvalue weighted by atomic mass is 10.0. The van der Waals surface area contributed by atoms with E-state index in [2.05, 4.69) is 38.1 Å². The van der Waals surface area contributed by atoms with Crippen LogP contribution in [0.5, 0.6) is 5.88 Å². The first kappa shape index (κ1) is 14.2. The number of hydrogen-bond acceptors (Lipinski definition) is 5. The van der Waals surface area contributed by atoms with Crippen LogP contribution in [0.15, 0.2) is 10.7 Å². The van der Waals surface area contributed by atoms with Gasteiger partial charge in [-0.2, -0.15) is 4.98 Å². The van der Waals surface area contributed by atoms with Gasteiger partial charge in [0.05, 0.1) is 17.8 Å². The number of rotatable bonds is 7. The molecule has 2 N–H and O–H groups in total. The van der Waals surface area contributed by atoms with Crippen LogP contribution in [0.1, 0.15) is 19.8 Å². The predicted molar refractivity (Wildman–Crippen MR) is 70.3 cm³/mol. The van der Waals surface area contributed by atoms with E-state index in [-0.39, 0.29) is 6.61 Å². The topological polar surface area (TPSA) is 67.3 Å². The molecule has 1 heterocycles. The first-order valence-corrected chi connectivity index (χ1v) is 6.41. The van der Waals surface area contributed by atoms with Crippen molar-refractivity contribution in [2.75, 3.05) is 25.6 Å². The number of aromatic nitrogens is 2. The third kappa shape index (κ3) is 4.47. The molecule has 6 heteroatoms. The summed E-state index contributed by atoms with van der Waals surface area (Å²) in [5.41, 5.74) is 0. The summed E-state index contributed by atoms with van der Waals surface area (Å²) in [6.45, 7) is 3.07. The Morgan fingerprint density at radius 1 is 1.59 bits per heavy atom. The van der Waals surface area contributed by atoms with Gasteiger partial charge in [-0.05, 0) is 28.3 Å². The summed E-state index contributed by atoms with van der Waals surface area (Å²) < 4.78 is 5.82. The van der Waals surface area contributed by atoms with E-state index in [0.29, 0.717) is 17.7 Å². The average Bonchev–Trinajstić information content (AvgIpc) is 2.36. The Morgan fingerprint density at radius 3 is 2.94 bits per heavy atom. The Bertz CT molecular complexity index is 349. The number of aliphatic hydroxyl groups is 1. The summed E-state index contributed by atoms with van der Waals surface area (Å²) in [6, 6.07) is 0. The van der Waals surface area contributed by atoms with Crippen molar-refractivity contribution >= 4 is 21.9 Å². The van der Waals surface area contributed by atoms with E-state index < -0.39 is 0 Å². The van der Waals surface area contributed by atoms with Gasteiger partial charge in [-0.3, -0.25) is 0 Å². The Morgan fingerprint density at radius 2 is 2.35 bits per heavy atom. The predicted octanol–water partition coefficient (Wildman–Crippen LogP) is 2.07. The second-order valence-corrected chi connectivity index (χ2v) is 4.57. The lowest BCUT2D eigenvalue weighted by Gasteiger charge is -2.14. The molecule has 0 fully saturated rings. The fourth-order valence-electron chi connectivity index (χ4n) is 1.45. The molecule has 0 radical (unpaired) electrons. The number of nitrogens with one attached hydrogen (secondary N) is 1. The lowest BCUT2D eigenvalue weighted by molar-refractivity contribution is 0.258. The molecular formula is C11H18BrN3O2. The Balaban J connectivity index is 2.56. The Labute approximate surface area is 110 Å². The van der Waals surface area contributed by atoms with Crippen molar-refractivity contribution in [3.8, 4) is 5.88 Å². The van der Waals surface area contributed by atoms with Crippen molar-refractivity contribution in [1.82, 2.24) is 9.97 Å². The fourth-order valence-corrected chi connectivity index (χ4v) is 1.80. The van der Waals surface area contributed by atoms with Crippen LogP contribution in [0, 0.1) is 5.92 Å². The van der Waals surface area contributed by atoms with Crippen molar-refractivity contribution in [3.63, 3.8) is 0 Å². The summed E-state index contributed by atoms with van der Waals surface area (Å²) in [5.74, 6) is 1.48. The summed E-state index contributed by atoms with van der Waals surface area (Å²) >= 11 is 3.30. The van der Waals surface area contributed by atoms with E-state index >= 15 is 0 Å². The molecule has 0 aliphatic rings. The van der Waals surface area contributed by atoms with E-state index in [1.54, 1.807) is 13.3 Å². The molecule has 0 aromatic carbocycles. The standard InChI is InChI=1S/C11H18BrN3O2/c1-3-8(4-5-16)6-13-11-14-7-9(12)10(15-11)17-2/h7-8,16H,3-6H2,1-2H3,(H,13,14,15). The summed E-state index contributed by atoms with van der Waals surface area (Å²) in [5, 5.41) is 12.0. The van der Waals surface area contributed by atoms with Gasteiger partial charge < -0.3 is 15.2 Å². The molecule has 96 valence electrons. The monoisotopic (exact) mass is 303 g/mol. The Hall–Kier alpha value is -0.880. The number of ether oxygens (including phenoxy) is 1. The van der Waals surface area contributed by atoms with Gasteiger partial charge in [-0.25, -0.2) is 4.98 Å². The van der Waals surface area contributed by atoms with Gasteiger partial charge in [-0.15, -0.1) is 0 Å². The quantitative estimate of drug-likeness (QED) is 0.807. The molecule has 0 aliphatic heterocycles. The van der Waals surface area contributed by atoms with Crippen molar-refractivity contribution in [1.29, 1.82) is 0 Å². The van der Waals surface area contributed by atoms with E-state index in [1.807, 2.05) is 0 Å². The van der Waals surface area contributed by atoms with Gasteiger partial charge in [0.15, 0.2) is 0 Å². The van der Waals surface area contributed by atoms with Crippen LogP contribution in [0.3, 0.4) is 0 Å². The highest BCUT2D eigenvalue weighted by molar-refractivity contribution is 9.10. The minimum absolute atomic E-state index is 0.213. The molecule has 1 rings (SSSR count). The van der Waals surface area contributed by atoms with E-state index in [1.165, 1.54) is 0 Å². The largest absolute Gasteiger partial charge is 0.480 e. The summed E-state index contributed by atoms with van der Waals surface area (Å²) in [7, 11) is 1.57. The molecule has 0 amide bonds. The van der Waals surface area contributed by atoms with Crippen LogP contribution >= 0.6 is 15.9 Å². The molecule has 1 aromatic rings. The van der Waals surface area contributed by atoms with Crippen molar-refractivity contribution in [3.05, 3.63) is 10.7 Å². The highest BCUT2D eigenvalue weighted by Gasteiger charge is 2.08. The molecule has 0 spiro atoms. The zero-order chi connectivity index (χ0) is 12.7. The molecule has 0 bridgehead atoms. The summed E-state index contributed by atoms with van der Waals surface area (Å²) in [4.78, 5) is 8.35. The zero-order valence-electron chi connectivity index (χ0n) is 10.1. The second-order valence-electron chi connectivity index (χ2n) is 3.72. The van der Waals surface area contributed by atoms with E-state index in [4.69, 9.17) is 9.84 Å². The van der Waals surface area contributed by atoms with Crippen LogP contribution in [0.4, 0.5) is 5.95 Å². The molecule has 5 nitrogen and oxygen atoms in total. The van der Waals surface area contributed by atoms with Crippen molar-refractivity contribution in [2.24, 2.45) is 5.92 Å². The average molecular weight is 304 g/mol. The number of anilines is 1. The third-order valence-electron chi connectivity index (χ3n) is 2.57. The smallest absolute Gasteiger partial charge is 0.232 e. The normalized spacial score (nSPS) is 12.2. The van der Waals surface area contributed by atoms with Crippen LogP contribution < -0.4 is 10.1 Å². The van der Waals surface area contributed by atoms with Crippen LogP contribution in [0.25, 0.3) is 0 Å². The van der Waals surface area contributed by atoms with Crippen LogP contribution in [-0.2, 0) is 0 Å². The number of halogens is 1. The highest BCUT2D eigenvalue weighted by atomic mass is 79.9. The SMILES string of the molecule is CCC(CCO)CNc1ncc(Br)c(OC)n1. The zero-order valence-corrected chi connectivity index (χ0v) is 11.7. The second kappa shape index (κ2) is 7.45. The molecule has 1 aromatic heterocycles. The van der Waals surface area contributed by atoms with E-state index in [0.717, 1.165) is 23.9 Å². The minimum Gasteiger partial charge on any atom is -0.480 e. The third-order valence-corrected chi connectivity index (χ3v) is 3.11. The maximum atomic E-state index is 8.90. The fraction of sp³-hybridized carbons (Fsp3) is 0.636. The van der Waals surface area contributed by atoms with Gasteiger partial charge in [0, 0.05) is 13.2 Å². The van der Waals surface area contributed by atoms with E-state index in [9.17, 15) is 0 Å². The van der Waals surface area contributed by atoms with Crippen LogP contribution in [-0.4, -0.2) is 35.3 Å². The maximum absolute atomic E-state index is 8.90. The van der Waals surface area contributed by atoms with Gasteiger partial charge in [0.2, 0.25) is 11.8 Å². The van der Waals surface area contributed by atoms with Crippen LogP contribution in [0.2, 0.25) is 0 Å². The minimum atomic E-state index is 0.213. The molecule has 0 aliphatic carbocycles. The van der Waals surface area contributed by atoms with Gasteiger partial charge in [0.1, 0.15) is 0 Å². The Kier molecular flexibility index (Phi) is 6.21. The molecule has 1 unspecified atom stereocenters. The van der Waals surface area contributed by atoms with Gasteiger partial charge in [0.25, 0.3) is 0 Å². The molecule has 0 saturated carbocycles. The first-order valence-electron chi connectivity index (χ1n) is 5.62. The van der Waals surface area contributed by atoms with Gasteiger partial charge >= 0.3 is 0 Å². The lowest BCUT2D eigenvalue weighted by Crippen LogP contribution is -2.16. The molecule has 1 atom stereocenters. The summed E-state index contributed by atoms with van der Waals surface area (Å²) in [6.07, 6.45) is 3.46. The number of aliphatic hydroxyl groups excluding tert-OH is 1. The molecular weight excluding hydrogens is 286 g/mol. The number of methoxy groups -OCH3 is 1. The molecule has 17 heavy (non-hydrogen) atoms. The van der Waals surface area contributed by atoms with Crippen molar-refractivity contribution in [2.45, 2.75) is 19.8 Å². The maximum Gasteiger partial charge on any atom is 0.232 e. The number of hydrogen-bond donors (Lipinski definition) is 2. The van der Waals surface area contributed by atoms with Crippen molar-refractivity contribution < 1.29 is 9.84 Å². The highest BCUT2D eigenvalue weighted by Crippen LogP contribution is 2.22. The first-order chi connectivity index (χ1) is 8.21.